The Bertz CT molecular complexity index is 345. The van der Waals surface area contributed by atoms with Crippen LogP contribution in [0.3, 0.4) is 0 Å². The van der Waals surface area contributed by atoms with Crippen LogP contribution in [0, 0.1) is 5.92 Å². The normalized spacial score (nSPS) is 28.2. The molecule has 1 rings (SSSR count). The quantitative estimate of drug-likeness (QED) is 0.730. The first kappa shape index (κ1) is 15.9. The largest absolute Gasteiger partial charge is 0.316 e. The lowest BCUT2D eigenvalue weighted by molar-refractivity contribution is 0.188. The minimum absolute atomic E-state index is 0.0790. The first-order chi connectivity index (χ1) is 8.36. The van der Waals surface area contributed by atoms with E-state index in [4.69, 9.17) is 0 Å². The van der Waals surface area contributed by atoms with Crippen LogP contribution in [-0.2, 0) is 10.0 Å². The van der Waals surface area contributed by atoms with Crippen molar-refractivity contribution >= 4 is 10.0 Å². The predicted molar refractivity (Wildman–Crippen MR) is 75.1 cm³/mol. The molecule has 1 saturated heterocycles. The van der Waals surface area contributed by atoms with Gasteiger partial charge in [-0.1, -0.05) is 13.8 Å². The van der Waals surface area contributed by atoms with E-state index < -0.39 is 10.0 Å². The maximum absolute atomic E-state index is 12.2. The molecule has 5 nitrogen and oxygen atoms in total. The Labute approximate surface area is 111 Å². The number of sulfonamides is 1. The second kappa shape index (κ2) is 6.84. The molecule has 0 amide bonds. The molecule has 0 aliphatic carbocycles. The molecule has 0 radical (unpaired) electrons. The number of likely N-dealkylation sites (tertiary alicyclic amines) is 1. The molecule has 1 aliphatic rings. The maximum atomic E-state index is 12.2. The van der Waals surface area contributed by atoms with E-state index in [-0.39, 0.29) is 11.3 Å². The Hall–Kier alpha value is -0.170. The van der Waals surface area contributed by atoms with Crippen LogP contribution < -0.4 is 10.0 Å². The third-order valence-electron chi connectivity index (χ3n) is 3.64. The van der Waals surface area contributed by atoms with Crippen molar-refractivity contribution < 1.29 is 8.42 Å². The van der Waals surface area contributed by atoms with Gasteiger partial charge in [-0.3, -0.25) is 0 Å². The van der Waals surface area contributed by atoms with Crippen LogP contribution in [0.25, 0.3) is 0 Å². The molecular formula is C12H27N3O2S. The number of nitrogens with one attached hydrogen (secondary N) is 2. The van der Waals surface area contributed by atoms with Gasteiger partial charge >= 0.3 is 0 Å². The van der Waals surface area contributed by atoms with E-state index >= 15 is 0 Å². The van der Waals surface area contributed by atoms with Crippen molar-refractivity contribution in [2.45, 2.75) is 38.5 Å². The van der Waals surface area contributed by atoms with Gasteiger partial charge in [0.1, 0.15) is 0 Å². The summed E-state index contributed by atoms with van der Waals surface area (Å²) in [5.74, 6) is 0.366. The van der Waals surface area contributed by atoms with Crippen LogP contribution in [0.1, 0.15) is 27.2 Å². The third kappa shape index (κ3) is 4.50. The topological polar surface area (TPSA) is 61.4 Å². The van der Waals surface area contributed by atoms with E-state index in [0.717, 1.165) is 26.1 Å². The standard InChI is InChI=1S/C12H27N3O2S/c1-5-13-8-11(3)18(16,17)14-12-6-7-15(4)9-10(12)2/h10-14H,5-9H2,1-4H3. The number of rotatable bonds is 6. The van der Waals surface area contributed by atoms with Gasteiger partial charge in [0.05, 0.1) is 5.25 Å². The van der Waals surface area contributed by atoms with E-state index in [1.165, 1.54) is 0 Å². The highest BCUT2D eigenvalue weighted by atomic mass is 32.2. The minimum atomic E-state index is -3.21. The fourth-order valence-corrected chi connectivity index (χ4v) is 3.66. The fraction of sp³-hybridized carbons (Fsp3) is 1.00. The zero-order valence-corrected chi connectivity index (χ0v) is 12.8. The van der Waals surface area contributed by atoms with E-state index in [1.54, 1.807) is 6.92 Å². The summed E-state index contributed by atoms with van der Waals surface area (Å²) in [6.07, 6.45) is 0.894. The monoisotopic (exact) mass is 277 g/mol. The van der Waals surface area contributed by atoms with Crippen LogP contribution >= 0.6 is 0 Å². The highest BCUT2D eigenvalue weighted by Crippen LogP contribution is 2.17. The first-order valence-electron chi connectivity index (χ1n) is 6.77. The zero-order valence-electron chi connectivity index (χ0n) is 11.9. The molecule has 0 aromatic rings. The minimum Gasteiger partial charge on any atom is -0.316 e. The van der Waals surface area contributed by atoms with Crippen molar-refractivity contribution in [3.05, 3.63) is 0 Å². The van der Waals surface area contributed by atoms with Gasteiger partial charge < -0.3 is 10.2 Å². The summed E-state index contributed by atoms with van der Waals surface area (Å²) in [6, 6.07) is 0.0790. The van der Waals surface area contributed by atoms with Crippen LogP contribution in [0.4, 0.5) is 0 Å². The predicted octanol–water partition coefficient (Wildman–Crippen LogP) is 0.244. The summed E-state index contributed by atoms with van der Waals surface area (Å²) < 4.78 is 27.2. The average molecular weight is 277 g/mol. The summed E-state index contributed by atoms with van der Waals surface area (Å²) in [6.45, 7) is 9.06. The van der Waals surface area contributed by atoms with Gasteiger partial charge in [-0.15, -0.1) is 0 Å². The van der Waals surface area contributed by atoms with Crippen molar-refractivity contribution in [3.63, 3.8) is 0 Å². The average Bonchev–Trinajstić information content (AvgIpc) is 2.29. The lowest BCUT2D eigenvalue weighted by atomic mass is 9.95. The summed E-state index contributed by atoms with van der Waals surface area (Å²) >= 11 is 0. The van der Waals surface area contributed by atoms with E-state index in [1.807, 2.05) is 6.92 Å². The Kier molecular flexibility index (Phi) is 6.04. The number of hydrogen-bond acceptors (Lipinski definition) is 4. The van der Waals surface area contributed by atoms with Crippen molar-refractivity contribution in [2.24, 2.45) is 5.92 Å². The molecule has 6 heteroatoms. The van der Waals surface area contributed by atoms with Crippen molar-refractivity contribution in [2.75, 3.05) is 33.2 Å². The maximum Gasteiger partial charge on any atom is 0.215 e. The molecule has 0 saturated carbocycles. The Balaban J connectivity index is 2.54. The van der Waals surface area contributed by atoms with Gasteiger partial charge in [0, 0.05) is 19.1 Å². The van der Waals surface area contributed by atoms with Gasteiger partial charge in [-0.05, 0) is 39.4 Å². The zero-order chi connectivity index (χ0) is 13.8. The molecule has 0 spiro atoms. The summed E-state index contributed by atoms with van der Waals surface area (Å²) in [7, 11) is -1.14. The van der Waals surface area contributed by atoms with Crippen LogP contribution in [0.2, 0.25) is 0 Å². The Morgan fingerprint density at radius 2 is 2.11 bits per heavy atom. The van der Waals surface area contributed by atoms with Crippen LogP contribution in [-0.4, -0.2) is 57.8 Å². The molecular weight excluding hydrogens is 250 g/mol. The van der Waals surface area contributed by atoms with Gasteiger partial charge in [-0.2, -0.15) is 0 Å². The van der Waals surface area contributed by atoms with Crippen LogP contribution in [0.5, 0.6) is 0 Å². The second-order valence-corrected chi connectivity index (χ2v) is 7.55. The van der Waals surface area contributed by atoms with Gasteiger partial charge in [0.15, 0.2) is 0 Å². The van der Waals surface area contributed by atoms with Crippen LogP contribution in [0.15, 0.2) is 0 Å². The number of piperidine rings is 1. The molecule has 2 N–H and O–H groups in total. The molecule has 0 aromatic carbocycles. The molecule has 18 heavy (non-hydrogen) atoms. The Morgan fingerprint density at radius 1 is 1.44 bits per heavy atom. The van der Waals surface area contributed by atoms with Gasteiger partial charge in [0.2, 0.25) is 10.0 Å². The lowest BCUT2D eigenvalue weighted by Crippen LogP contribution is -2.51. The van der Waals surface area contributed by atoms with E-state index in [2.05, 4.69) is 28.9 Å². The molecule has 3 unspecified atom stereocenters. The summed E-state index contributed by atoms with van der Waals surface area (Å²) in [4.78, 5) is 2.25. The fourth-order valence-electron chi connectivity index (χ4n) is 2.31. The molecule has 1 fully saturated rings. The smallest absolute Gasteiger partial charge is 0.215 e. The van der Waals surface area contributed by atoms with Crippen molar-refractivity contribution in [3.8, 4) is 0 Å². The van der Waals surface area contributed by atoms with Crippen molar-refractivity contribution in [1.29, 1.82) is 0 Å². The molecule has 3 atom stereocenters. The van der Waals surface area contributed by atoms with Gasteiger partial charge in [0.25, 0.3) is 0 Å². The highest BCUT2D eigenvalue weighted by Gasteiger charge is 2.30. The highest BCUT2D eigenvalue weighted by molar-refractivity contribution is 7.90. The molecule has 1 heterocycles. The Morgan fingerprint density at radius 3 is 2.67 bits per heavy atom. The number of nitrogens with zero attached hydrogens (tertiary/aromatic N) is 1. The lowest BCUT2D eigenvalue weighted by Gasteiger charge is -2.35. The van der Waals surface area contributed by atoms with E-state index in [9.17, 15) is 8.42 Å². The SMILES string of the molecule is CCNCC(C)S(=O)(=O)NC1CCN(C)CC1C. The molecule has 0 bridgehead atoms. The summed E-state index contributed by atoms with van der Waals surface area (Å²) in [5.41, 5.74) is 0. The van der Waals surface area contributed by atoms with E-state index in [0.29, 0.717) is 12.5 Å². The first-order valence-corrected chi connectivity index (χ1v) is 8.31. The number of hydrogen-bond donors (Lipinski definition) is 2. The van der Waals surface area contributed by atoms with Crippen molar-refractivity contribution in [1.82, 2.24) is 14.9 Å². The molecule has 0 aromatic heterocycles. The molecule has 1 aliphatic heterocycles. The third-order valence-corrected chi connectivity index (χ3v) is 5.49. The summed E-state index contributed by atoms with van der Waals surface area (Å²) in [5, 5.41) is 2.70. The van der Waals surface area contributed by atoms with Gasteiger partial charge in [-0.25, -0.2) is 13.1 Å². The second-order valence-electron chi connectivity index (χ2n) is 5.42. The molecule has 108 valence electrons.